The number of nitrogens with one attached hydrogen (secondary N) is 1. The van der Waals surface area contributed by atoms with Crippen LogP contribution < -0.4 is 5.32 Å². The summed E-state index contributed by atoms with van der Waals surface area (Å²) in [5, 5.41) is 3.28. The van der Waals surface area contributed by atoms with Crippen LogP contribution in [0, 0.1) is 17.8 Å². The molecule has 3 heteroatoms. The molecule has 2 bridgehead atoms. The van der Waals surface area contributed by atoms with Crippen LogP contribution in [0.25, 0.3) is 0 Å². The highest BCUT2D eigenvalue weighted by Crippen LogP contribution is 2.44. The van der Waals surface area contributed by atoms with Crippen LogP contribution >= 0.6 is 0 Å². The number of carbonyl (C=O) groups is 1. The van der Waals surface area contributed by atoms with E-state index in [0.717, 1.165) is 29.9 Å². The van der Waals surface area contributed by atoms with E-state index in [1.54, 1.807) is 0 Å². The van der Waals surface area contributed by atoms with E-state index < -0.39 is 0 Å². The molecule has 24 heavy (non-hydrogen) atoms. The Bertz CT molecular complexity index is 582. The Morgan fingerprint density at radius 2 is 2.00 bits per heavy atom. The highest BCUT2D eigenvalue weighted by molar-refractivity contribution is 5.94. The van der Waals surface area contributed by atoms with Crippen molar-refractivity contribution in [2.45, 2.75) is 58.0 Å². The van der Waals surface area contributed by atoms with Crippen LogP contribution in [0.15, 0.2) is 24.3 Å². The fourth-order valence-corrected chi connectivity index (χ4v) is 5.12. The lowest BCUT2D eigenvalue weighted by atomic mass is 9.95. The predicted molar refractivity (Wildman–Crippen MR) is 96.8 cm³/mol. The molecule has 4 rings (SSSR count). The van der Waals surface area contributed by atoms with Gasteiger partial charge in [0.1, 0.15) is 0 Å². The molecule has 1 aromatic rings. The van der Waals surface area contributed by atoms with E-state index in [9.17, 15) is 4.79 Å². The number of benzene rings is 1. The molecule has 4 atom stereocenters. The number of carbonyl (C=O) groups excluding carboxylic acids is 1. The summed E-state index contributed by atoms with van der Waals surface area (Å²) in [4.78, 5) is 15.0. The van der Waals surface area contributed by atoms with Gasteiger partial charge < -0.3 is 5.32 Å². The summed E-state index contributed by atoms with van der Waals surface area (Å²) >= 11 is 0. The number of nitrogens with zero attached hydrogens (tertiary/aromatic N) is 1. The molecule has 2 aliphatic carbocycles. The van der Waals surface area contributed by atoms with Crippen LogP contribution in [0.4, 0.5) is 0 Å². The number of fused-ring (bicyclic) bond motifs is 2. The first kappa shape index (κ1) is 16.1. The Morgan fingerprint density at radius 3 is 2.67 bits per heavy atom. The maximum atomic E-state index is 12.5. The molecule has 130 valence electrons. The average molecular weight is 326 g/mol. The lowest BCUT2D eigenvalue weighted by Gasteiger charge is -2.30. The largest absolute Gasteiger partial charge is 0.349 e. The molecule has 0 spiro atoms. The number of piperidine rings is 1. The van der Waals surface area contributed by atoms with Gasteiger partial charge in [0.2, 0.25) is 0 Å². The summed E-state index contributed by atoms with van der Waals surface area (Å²) in [5.41, 5.74) is 2.13. The third-order valence-corrected chi connectivity index (χ3v) is 6.42. The summed E-state index contributed by atoms with van der Waals surface area (Å²) in [7, 11) is 0. The van der Waals surface area contributed by atoms with Crippen molar-refractivity contribution in [3.05, 3.63) is 35.4 Å². The number of amides is 1. The maximum absolute atomic E-state index is 12.5. The number of rotatable bonds is 4. The van der Waals surface area contributed by atoms with Gasteiger partial charge in [-0.15, -0.1) is 0 Å². The minimum atomic E-state index is 0.116. The van der Waals surface area contributed by atoms with Gasteiger partial charge >= 0.3 is 0 Å². The number of hydrogen-bond acceptors (Lipinski definition) is 2. The monoisotopic (exact) mass is 326 g/mol. The first-order valence-electron chi connectivity index (χ1n) is 9.79. The van der Waals surface area contributed by atoms with Gasteiger partial charge in [0.25, 0.3) is 5.91 Å². The highest BCUT2D eigenvalue weighted by atomic mass is 16.1. The summed E-state index contributed by atoms with van der Waals surface area (Å²) in [6.45, 7) is 5.76. The molecular weight excluding hydrogens is 296 g/mol. The Kier molecular flexibility index (Phi) is 4.62. The van der Waals surface area contributed by atoms with E-state index in [1.807, 2.05) is 12.1 Å². The van der Waals surface area contributed by atoms with Crippen LogP contribution in [-0.2, 0) is 6.54 Å². The second-order valence-corrected chi connectivity index (χ2v) is 8.43. The van der Waals surface area contributed by atoms with E-state index in [0.29, 0.717) is 6.04 Å². The minimum Gasteiger partial charge on any atom is -0.349 e. The second kappa shape index (κ2) is 6.87. The van der Waals surface area contributed by atoms with Gasteiger partial charge in [-0.3, -0.25) is 9.69 Å². The standard InChI is InChI=1S/C21H30N2O/c1-15-3-2-10-23(13-15)14-16-4-7-18(8-5-16)21(24)22-20-12-17-6-9-19(20)11-17/h4-5,7-8,15,17,19-20H,2-3,6,9-14H2,1H3,(H,22,24)/t15-,17-,19-,20-/m1/s1. The highest BCUT2D eigenvalue weighted by Gasteiger charge is 2.40. The van der Waals surface area contributed by atoms with Crippen molar-refractivity contribution in [1.29, 1.82) is 0 Å². The lowest BCUT2D eigenvalue weighted by Crippen LogP contribution is -2.38. The molecule has 2 saturated carbocycles. The molecule has 1 aliphatic heterocycles. The van der Waals surface area contributed by atoms with E-state index >= 15 is 0 Å². The molecule has 1 saturated heterocycles. The van der Waals surface area contributed by atoms with Crippen molar-refractivity contribution in [3.8, 4) is 0 Å². The summed E-state index contributed by atoms with van der Waals surface area (Å²) in [6, 6.07) is 8.70. The molecule has 0 aromatic heterocycles. The van der Waals surface area contributed by atoms with Gasteiger partial charge in [-0.1, -0.05) is 25.5 Å². The van der Waals surface area contributed by atoms with E-state index in [-0.39, 0.29) is 5.91 Å². The summed E-state index contributed by atoms with van der Waals surface area (Å²) in [6.07, 6.45) is 7.88. The van der Waals surface area contributed by atoms with Gasteiger partial charge in [-0.2, -0.15) is 0 Å². The van der Waals surface area contributed by atoms with E-state index in [4.69, 9.17) is 0 Å². The smallest absolute Gasteiger partial charge is 0.251 e. The third-order valence-electron chi connectivity index (χ3n) is 6.42. The lowest BCUT2D eigenvalue weighted by molar-refractivity contribution is 0.0923. The average Bonchev–Trinajstić information content (AvgIpc) is 3.18. The molecule has 0 radical (unpaired) electrons. The topological polar surface area (TPSA) is 32.3 Å². The van der Waals surface area contributed by atoms with Gasteiger partial charge in [0.15, 0.2) is 0 Å². The molecule has 1 amide bonds. The normalized spacial score (nSPS) is 32.9. The SMILES string of the molecule is C[C@@H]1CCCN(Cc2ccc(C(=O)N[C@@H]3C[C@@H]4CC[C@@H]3C4)cc2)C1. The first-order chi connectivity index (χ1) is 11.7. The predicted octanol–water partition coefficient (Wildman–Crippen LogP) is 3.84. The molecule has 1 aromatic carbocycles. The van der Waals surface area contributed by atoms with Gasteiger partial charge in [0, 0.05) is 24.7 Å². The minimum absolute atomic E-state index is 0.116. The zero-order valence-corrected chi connectivity index (χ0v) is 14.8. The quantitative estimate of drug-likeness (QED) is 0.912. The van der Waals surface area contributed by atoms with E-state index in [2.05, 4.69) is 29.3 Å². The van der Waals surface area contributed by atoms with Gasteiger partial charge in [0.05, 0.1) is 0 Å². The second-order valence-electron chi connectivity index (χ2n) is 8.43. The summed E-state index contributed by atoms with van der Waals surface area (Å²) in [5.74, 6) is 2.53. The van der Waals surface area contributed by atoms with Crippen molar-refractivity contribution in [3.63, 3.8) is 0 Å². The molecule has 3 nitrogen and oxygen atoms in total. The van der Waals surface area contributed by atoms with Gasteiger partial charge in [-0.05, 0) is 74.1 Å². The summed E-state index contributed by atoms with van der Waals surface area (Å²) < 4.78 is 0. The molecule has 0 unspecified atom stereocenters. The zero-order chi connectivity index (χ0) is 16.5. The van der Waals surface area contributed by atoms with Crippen LogP contribution in [0.5, 0.6) is 0 Å². The van der Waals surface area contributed by atoms with Crippen molar-refractivity contribution in [2.75, 3.05) is 13.1 Å². The van der Waals surface area contributed by atoms with Crippen molar-refractivity contribution < 1.29 is 4.79 Å². The first-order valence-corrected chi connectivity index (χ1v) is 9.79. The fourth-order valence-electron chi connectivity index (χ4n) is 5.12. The van der Waals surface area contributed by atoms with Crippen LogP contribution in [0.1, 0.15) is 61.4 Å². The third kappa shape index (κ3) is 3.51. The fraction of sp³-hybridized carbons (Fsp3) is 0.667. The molecule has 3 fully saturated rings. The molecule has 1 heterocycles. The Balaban J connectivity index is 1.32. The molecule has 3 aliphatic rings. The van der Waals surface area contributed by atoms with Crippen LogP contribution in [-0.4, -0.2) is 29.9 Å². The maximum Gasteiger partial charge on any atom is 0.251 e. The molecule has 1 N–H and O–H groups in total. The number of hydrogen-bond donors (Lipinski definition) is 1. The van der Waals surface area contributed by atoms with E-state index in [1.165, 1.54) is 57.2 Å². The van der Waals surface area contributed by atoms with Crippen molar-refractivity contribution >= 4 is 5.91 Å². The number of likely N-dealkylation sites (tertiary alicyclic amines) is 1. The zero-order valence-electron chi connectivity index (χ0n) is 14.8. The van der Waals surface area contributed by atoms with Crippen LogP contribution in [0.2, 0.25) is 0 Å². The van der Waals surface area contributed by atoms with Crippen molar-refractivity contribution in [2.24, 2.45) is 17.8 Å². The van der Waals surface area contributed by atoms with Crippen LogP contribution in [0.3, 0.4) is 0 Å². The Labute approximate surface area is 145 Å². The Morgan fingerprint density at radius 1 is 1.17 bits per heavy atom. The van der Waals surface area contributed by atoms with Gasteiger partial charge in [-0.25, -0.2) is 0 Å². The van der Waals surface area contributed by atoms with Crippen molar-refractivity contribution in [1.82, 2.24) is 10.2 Å². The molecular formula is C21H30N2O. The Hall–Kier alpha value is -1.35.